The maximum atomic E-state index is 13.1. The van der Waals surface area contributed by atoms with Gasteiger partial charge in [0.1, 0.15) is 5.82 Å². The van der Waals surface area contributed by atoms with Crippen molar-refractivity contribution < 1.29 is 17.6 Å². The molecule has 2 amide bonds. The Morgan fingerprint density at radius 2 is 1.82 bits per heavy atom. The van der Waals surface area contributed by atoms with E-state index >= 15 is 0 Å². The van der Waals surface area contributed by atoms with Gasteiger partial charge in [0.2, 0.25) is 10.0 Å². The van der Waals surface area contributed by atoms with Crippen molar-refractivity contribution in [2.24, 2.45) is 0 Å². The zero-order valence-corrected chi connectivity index (χ0v) is 19.7. The fraction of sp³-hybridized carbons (Fsp3) is 0.333. The molecular formula is C24H28FN5O3S. The number of urea groups is 1. The molecule has 4 rings (SSSR count). The molecule has 1 aliphatic rings. The third-order valence-electron chi connectivity index (χ3n) is 5.84. The number of pyridine rings is 1. The van der Waals surface area contributed by atoms with Crippen molar-refractivity contribution in [3.05, 3.63) is 66.1 Å². The second kappa shape index (κ2) is 10.5. The minimum atomic E-state index is -3.68. The molecule has 8 nitrogen and oxygen atoms in total. The smallest absolute Gasteiger partial charge is 0.319 e. The number of hydrogen-bond acceptors (Lipinski definition) is 5. The molecule has 1 saturated heterocycles. The van der Waals surface area contributed by atoms with Crippen molar-refractivity contribution in [2.75, 3.05) is 31.5 Å². The van der Waals surface area contributed by atoms with Crippen LogP contribution in [-0.2, 0) is 10.0 Å². The number of hydrogen-bond donors (Lipinski definition) is 3. The van der Waals surface area contributed by atoms with Gasteiger partial charge in [0.15, 0.2) is 0 Å². The number of likely N-dealkylation sites (tertiary alicyclic amines) is 1. The van der Waals surface area contributed by atoms with Crippen molar-refractivity contribution in [2.45, 2.75) is 30.7 Å². The molecule has 3 N–H and O–H groups in total. The van der Waals surface area contributed by atoms with E-state index in [9.17, 15) is 17.6 Å². The van der Waals surface area contributed by atoms with Gasteiger partial charge in [0, 0.05) is 30.2 Å². The average molecular weight is 486 g/mol. The van der Waals surface area contributed by atoms with E-state index in [4.69, 9.17) is 0 Å². The van der Waals surface area contributed by atoms with E-state index < -0.39 is 15.8 Å². The molecular weight excluding hydrogens is 457 g/mol. The van der Waals surface area contributed by atoms with Gasteiger partial charge in [-0.25, -0.2) is 22.3 Å². The summed E-state index contributed by atoms with van der Waals surface area (Å²) in [5.74, 6) is -0.473. The van der Waals surface area contributed by atoms with Crippen LogP contribution in [0.3, 0.4) is 0 Å². The number of aromatic nitrogens is 1. The third kappa shape index (κ3) is 6.07. The molecule has 0 spiro atoms. The molecule has 1 aliphatic heterocycles. The molecule has 0 saturated carbocycles. The summed E-state index contributed by atoms with van der Waals surface area (Å²) in [6, 6.07) is 13.8. The first kappa shape index (κ1) is 24.1. The van der Waals surface area contributed by atoms with Crippen LogP contribution in [0.2, 0.25) is 0 Å². The highest BCUT2D eigenvalue weighted by Gasteiger charge is 2.24. The maximum absolute atomic E-state index is 13.1. The normalized spacial score (nSPS) is 15.4. The molecule has 2 heterocycles. The number of rotatable bonds is 7. The Kier molecular flexibility index (Phi) is 7.40. The van der Waals surface area contributed by atoms with Gasteiger partial charge >= 0.3 is 6.03 Å². The Hall–Kier alpha value is -3.08. The summed E-state index contributed by atoms with van der Waals surface area (Å²) in [4.78, 5) is 19.1. The highest BCUT2D eigenvalue weighted by Crippen LogP contribution is 2.22. The highest BCUT2D eigenvalue weighted by molar-refractivity contribution is 7.89. The molecule has 2 aromatic carbocycles. The summed E-state index contributed by atoms with van der Waals surface area (Å²) in [5.41, 5.74) is 2.37. The number of sulfonamides is 1. The van der Waals surface area contributed by atoms with Crippen molar-refractivity contribution >= 4 is 32.6 Å². The SMILES string of the molecule is Cc1cc(NC(=O)NCCN2CCC(NS(=O)(=O)c3ccc(F)cc3)CC2)c2ccccc2n1. The zero-order chi connectivity index (χ0) is 24.1. The van der Waals surface area contributed by atoms with E-state index in [2.05, 4.69) is 25.2 Å². The molecule has 0 radical (unpaired) electrons. The van der Waals surface area contributed by atoms with Gasteiger partial charge < -0.3 is 15.5 Å². The van der Waals surface area contributed by atoms with E-state index in [0.717, 1.165) is 34.4 Å². The first-order valence-corrected chi connectivity index (χ1v) is 12.7. The lowest BCUT2D eigenvalue weighted by molar-refractivity contribution is 0.206. The lowest BCUT2D eigenvalue weighted by atomic mass is 10.1. The minimum absolute atomic E-state index is 0.0590. The van der Waals surface area contributed by atoms with Crippen LogP contribution in [0.4, 0.5) is 14.9 Å². The summed E-state index contributed by atoms with van der Waals surface area (Å²) in [6.45, 7) is 4.46. The molecule has 0 aliphatic carbocycles. The van der Waals surface area contributed by atoms with Crippen LogP contribution in [0.15, 0.2) is 59.5 Å². The summed E-state index contributed by atoms with van der Waals surface area (Å²) in [6.07, 6.45) is 1.32. The molecule has 34 heavy (non-hydrogen) atoms. The van der Waals surface area contributed by atoms with E-state index in [-0.39, 0.29) is 17.0 Å². The van der Waals surface area contributed by atoms with Gasteiger partial charge in [0.25, 0.3) is 0 Å². The van der Waals surface area contributed by atoms with E-state index in [1.165, 1.54) is 12.1 Å². The number of anilines is 1. The number of carbonyl (C=O) groups excluding carboxylic acids is 1. The number of nitrogens with one attached hydrogen (secondary N) is 3. The second-order valence-corrected chi connectivity index (χ2v) is 10.1. The fourth-order valence-corrected chi connectivity index (χ4v) is 5.39. The highest BCUT2D eigenvalue weighted by atomic mass is 32.2. The van der Waals surface area contributed by atoms with E-state index in [0.29, 0.717) is 39.0 Å². The van der Waals surface area contributed by atoms with Gasteiger partial charge in [0.05, 0.1) is 16.1 Å². The lowest BCUT2D eigenvalue weighted by Gasteiger charge is -2.32. The van der Waals surface area contributed by atoms with Crippen molar-refractivity contribution in [1.82, 2.24) is 19.9 Å². The van der Waals surface area contributed by atoms with Crippen LogP contribution in [0.5, 0.6) is 0 Å². The van der Waals surface area contributed by atoms with Crippen LogP contribution in [0.25, 0.3) is 10.9 Å². The number of aryl methyl sites for hydroxylation is 1. The van der Waals surface area contributed by atoms with Crippen LogP contribution in [-0.4, -0.2) is 56.6 Å². The van der Waals surface area contributed by atoms with Crippen LogP contribution < -0.4 is 15.4 Å². The fourth-order valence-electron chi connectivity index (χ4n) is 4.08. The predicted molar refractivity (Wildman–Crippen MR) is 130 cm³/mol. The number of halogens is 1. The number of para-hydroxylation sites is 1. The number of nitrogens with zero attached hydrogens (tertiary/aromatic N) is 2. The maximum Gasteiger partial charge on any atom is 0.319 e. The zero-order valence-electron chi connectivity index (χ0n) is 18.9. The first-order chi connectivity index (χ1) is 16.3. The Labute approximate surface area is 198 Å². The van der Waals surface area contributed by atoms with E-state index in [1.54, 1.807) is 0 Å². The minimum Gasteiger partial charge on any atom is -0.337 e. The third-order valence-corrected chi connectivity index (χ3v) is 7.38. The Bertz CT molecular complexity index is 1260. The number of amides is 2. The topological polar surface area (TPSA) is 103 Å². The Balaban J connectivity index is 1.21. The lowest BCUT2D eigenvalue weighted by Crippen LogP contribution is -2.46. The van der Waals surface area contributed by atoms with Gasteiger partial charge in [-0.1, -0.05) is 18.2 Å². The number of piperidine rings is 1. The summed E-state index contributed by atoms with van der Waals surface area (Å²) in [7, 11) is -3.68. The molecule has 3 aromatic rings. The molecule has 10 heteroatoms. The summed E-state index contributed by atoms with van der Waals surface area (Å²) < 4.78 is 40.7. The van der Waals surface area contributed by atoms with E-state index in [1.807, 2.05) is 37.3 Å². The van der Waals surface area contributed by atoms with Crippen LogP contribution >= 0.6 is 0 Å². The molecule has 180 valence electrons. The van der Waals surface area contributed by atoms with Crippen molar-refractivity contribution in [3.63, 3.8) is 0 Å². The summed E-state index contributed by atoms with van der Waals surface area (Å²) in [5, 5.41) is 6.67. The largest absolute Gasteiger partial charge is 0.337 e. The van der Waals surface area contributed by atoms with Gasteiger partial charge in [-0.2, -0.15) is 0 Å². The van der Waals surface area contributed by atoms with Crippen molar-refractivity contribution in [1.29, 1.82) is 0 Å². The van der Waals surface area contributed by atoms with Gasteiger partial charge in [-0.05, 0) is 69.3 Å². The predicted octanol–water partition coefficient (Wildman–Crippen LogP) is 3.25. The molecule has 1 aromatic heterocycles. The molecule has 0 unspecified atom stereocenters. The van der Waals surface area contributed by atoms with Crippen molar-refractivity contribution in [3.8, 4) is 0 Å². The summed E-state index contributed by atoms with van der Waals surface area (Å²) >= 11 is 0. The molecule has 0 bridgehead atoms. The van der Waals surface area contributed by atoms with Gasteiger partial charge in [-0.3, -0.25) is 4.98 Å². The van der Waals surface area contributed by atoms with Crippen LogP contribution in [0.1, 0.15) is 18.5 Å². The number of fused-ring (bicyclic) bond motifs is 1. The quantitative estimate of drug-likeness (QED) is 0.477. The Morgan fingerprint density at radius 3 is 2.56 bits per heavy atom. The average Bonchev–Trinajstić information content (AvgIpc) is 2.80. The number of benzene rings is 2. The monoisotopic (exact) mass is 485 g/mol. The Morgan fingerprint density at radius 1 is 1.12 bits per heavy atom. The second-order valence-electron chi connectivity index (χ2n) is 8.40. The van der Waals surface area contributed by atoms with Crippen LogP contribution in [0, 0.1) is 12.7 Å². The standard InChI is InChI=1S/C24H28FN5O3S/c1-17-16-23(21-4-2-3-5-22(21)27-17)28-24(31)26-12-15-30-13-10-19(11-14-30)29-34(32,33)20-8-6-18(25)7-9-20/h2-9,16,19,29H,10-15H2,1H3,(H2,26,27,28,31). The first-order valence-electron chi connectivity index (χ1n) is 11.2. The van der Waals surface area contributed by atoms with Gasteiger partial charge in [-0.15, -0.1) is 0 Å². The number of carbonyl (C=O) groups is 1. The molecule has 0 atom stereocenters. The molecule has 1 fully saturated rings.